The van der Waals surface area contributed by atoms with E-state index in [1.807, 2.05) is 53.9 Å². The van der Waals surface area contributed by atoms with E-state index in [4.69, 9.17) is 9.47 Å². The van der Waals surface area contributed by atoms with Gasteiger partial charge in [-0.25, -0.2) is 4.79 Å². The zero-order chi connectivity index (χ0) is 22.4. The Morgan fingerprint density at radius 3 is 2.29 bits per heavy atom. The van der Waals surface area contributed by atoms with Crippen molar-refractivity contribution in [3.05, 3.63) is 70.6 Å². The van der Waals surface area contributed by atoms with Crippen LogP contribution in [0.3, 0.4) is 0 Å². The molecule has 0 spiro atoms. The summed E-state index contributed by atoms with van der Waals surface area (Å²) >= 11 is 1.29. The maximum absolute atomic E-state index is 12.5. The molecule has 1 N–H and O–H groups in total. The number of benzene rings is 2. The standard InChI is InChI=1S/C25H27NO4S/c1-5-17-6-8-19(9-7-17)21-15-31-24(23(21)25(28)29-4)26-22(27)14-30-20-12-10-18(11-13-20)16(2)3/h6-13,15-16H,5,14H2,1-4H3,(H,26,27). The largest absolute Gasteiger partial charge is 0.484 e. The Hall–Kier alpha value is -3.12. The van der Waals surface area contributed by atoms with Gasteiger partial charge in [0.1, 0.15) is 16.3 Å². The smallest absolute Gasteiger partial charge is 0.341 e. The monoisotopic (exact) mass is 437 g/mol. The van der Waals surface area contributed by atoms with Crippen LogP contribution in [0, 0.1) is 0 Å². The fourth-order valence-corrected chi connectivity index (χ4v) is 4.12. The fraction of sp³-hybridized carbons (Fsp3) is 0.280. The molecular formula is C25H27NO4S. The van der Waals surface area contributed by atoms with Crippen LogP contribution in [-0.4, -0.2) is 25.6 Å². The summed E-state index contributed by atoms with van der Waals surface area (Å²) in [5.41, 5.74) is 4.41. The summed E-state index contributed by atoms with van der Waals surface area (Å²) in [6.45, 7) is 6.18. The lowest BCUT2D eigenvalue weighted by atomic mass is 10.0. The second kappa shape index (κ2) is 10.3. The first-order chi connectivity index (χ1) is 14.9. The first kappa shape index (κ1) is 22.6. The number of hydrogen-bond donors (Lipinski definition) is 1. The molecule has 0 saturated heterocycles. The van der Waals surface area contributed by atoms with Crippen molar-refractivity contribution < 1.29 is 19.1 Å². The molecule has 1 heterocycles. The quantitative estimate of drug-likeness (QED) is 0.445. The Kier molecular flexibility index (Phi) is 7.47. The van der Waals surface area contributed by atoms with E-state index in [-0.39, 0.29) is 12.5 Å². The molecule has 3 rings (SSSR count). The number of hydrogen-bond acceptors (Lipinski definition) is 5. The van der Waals surface area contributed by atoms with Gasteiger partial charge in [-0.1, -0.05) is 57.2 Å². The van der Waals surface area contributed by atoms with Crippen molar-refractivity contribution in [3.63, 3.8) is 0 Å². The minimum Gasteiger partial charge on any atom is -0.484 e. The number of carbonyl (C=O) groups is 2. The van der Waals surface area contributed by atoms with Crippen LogP contribution < -0.4 is 10.1 Å². The van der Waals surface area contributed by atoms with Gasteiger partial charge >= 0.3 is 5.97 Å². The van der Waals surface area contributed by atoms with Crippen LogP contribution >= 0.6 is 11.3 Å². The zero-order valence-electron chi connectivity index (χ0n) is 18.2. The Bertz CT molecular complexity index is 1040. The van der Waals surface area contributed by atoms with Crippen LogP contribution in [-0.2, 0) is 16.0 Å². The van der Waals surface area contributed by atoms with Gasteiger partial charge in [-0.2, -0.15) is 0 Å². The zero-order valence-corrected chi connectivity index (χ0v) is 19.0. The van der Waals surface area contributed by atoms with Gasteiger partial charge in [-0.15, -0.1) is 11.3 Å². The molecule has 0 aliphatic carbocycles. The molecule has 3 aromatic rings. The summed E-state index contributed by atoms with van der Waals surface area (Å²) in [6.07, 6.45) is 0.940. The molecule has 0 atom stereocenters. The number of carbonyl (C=O) groups excluding carboxylic acids is 2. The minimum absolute atomic E-state index is 0.153. The van der Waals surface area contributed by atoms with Crippen LogP contribution in [0.1, 0.15) is 48.2 Å². The summed E-state index contributed by atoms with van der Waals surface area (Å²) in [6, 6.07) is 15.7. The lowest BCUT2D eigenvalue weighted by molar-refractivity contribution is -0.118. The molecule has 162 valence electrons. The number of rotatable bonds is 8. The molecule has 0 saturated carbocycles. The molecule has 0 unspecified atom stereocenters. The number of nitrogens with one attached hydrogen (secondary N) is 1. The van der Waals surface area contributed by atoms with E-state index in [2.05, 4.69) is 26.1 Å². The Labute approximate surface area is 187 Å². The molecule has 0 radical (unpaired) electrons. The van der Waals surface area contributed by atoms with Crippen molar-refractivity contribution in [1.29, 1.82) is 0 Å². The molecule has 1 amide bonds. The summed E-state index contributed by atoms with van der Waals surface area (Å²) in [5, 5.41) is 5.10. The van der Waals surface area contributed by atoms with Crippen LogP contribution in [0.5, 0.6) is 5.75 Å². The predicted octanol–water partition coefficient (Wildman–Crippen LogP) is 5.91. The highest BCUT2D eigenvalue weighted by molar-refractivity contribution is 7.15. The van der Waals surface area contributed by atoms with Gasteiger partial charge in [0.2, 0.25) is 0 Å². The van der Waals surface area contributed by atoms with Crippen molar-refractivity contribution >= 4 is 28.2 Å². The van der Waals surface area contributed by atoms with Gasteiger partial charge in [-0.05, 0) is 41.2 Å². The molecule has 31 heavy (non-hydrogen) atoms. The van der Waals surface area contributed by atoms with E-state index in [0.717, 1.165) is 17.5 Å². The molecular weight excluding hydrogens is 410 g/mol. The van der Waals surface area contributed by atoms with E-state index in [1.165, 1.54) is 29.6 Å². The summed E-state index contributed by atoms with van der Waals surface area (Å²) in [7, 11) is 1.33. The van der Waals surface area contributed by atoms with Crippen LogP contribution in [0.25, 0.3) is 11.1 Å². The molecule has 0 aliphatic heterocycles. The van der Waals surface area contributed by atoms with Gasteiger partial charge in [0.25, 0.3) is 5.91 Å². The summed E-state index contributed by atoms with van der Waals surface area (Å²) < 4.78 is 10.6. The van der Waals surface area contributed by atoms with Crippen molar-refractivity contribution in [2.75, 3.05) is 19.0 Å². The van der Waals surface area contributed by atoms with Gasteiger partial charge in [0.05, 0.1) is 7.11 Å². The van der Waals surface area contributed by atoms with Crippen molar-refractivity contribution in [2.24, 2.45) is 0 Å². The molecule has 5 nitrogen and oxygen atoms in total. The Balaban J connectivity index is 1.73. The Morgan fingerprint density at radius 2 is 1.71 bits per heavy atom. The topological polar surface area (TPSA) is 64.6 Å². The maximum Gasteiger partial charge on any atom is 0.341 e. The average Bonchev–Trinajstić information content (AvgIpc) is 3.20. The second-order valence-corrected chi connectivity index (χ2v) is 8.34. The third kappa shape index (κ3) is 5.52. The summed E-state index contributed by atoms with van der Waals surface area (Å²) in [4.78, 5) is 24.9. The van der Waals surface area contributed by atoms with Crippen molar-refractivity contribution in [3.8, 4) is 16.9 Å². The highest BCUT2D eigenvalue weighted by Gasteiger charge is 2.22. The maximum atomic E-state index is 12.5. The SMILES string of the molecule is CCc1ccc(-c2csc(NC(=O)COc3ccc(C(C)C)cc3)c2C(=O)OC)cc1. The molecule has 0 fully saturated rings. The number of thiophene rings is 1. The van der Waals surface area contributed by atoms with Gasteiger partial charge < -0.3 is 14.8 Å². The van der Waals surface area contributed by atoms with Crippen LogP contribution in [0.15, 0.2) is 53.9 Å². The summed E-state index contributed by atoms with van der Waals surface area (Å²) in [5.74, 6) is 0.222. The van der Waals surface area contributed by atoms with E-state index in [1.54, 1.807) is 0 Å². The van der Waals surface area contributed by atoms with Gasteiger partial charge in [0.15, 0.2) is 6.61 Å². The predicted molar refractivity (Wildman–Crippen MR) is 125 cm³/mol. The molecule has 2 aromatic carbocycles. The van der Waals surface area contributed by atoms with E-state index in [0.29, 0.717) is 22.2 Å². The van der Waals surface area contributed by atoms with E-state index in [9.17, 15) is 9.59 Å². The molecule has 0 bridgehead atoms. The van der Waals surface area contributed by atoms with Crippen LogP contribution in [0.2, 0.25) is 0 Å². The molecule has 1 aromatic heterocycles. The van der Waals surface area contributed by atoms with Crippen LogP contribution in [0.4, 0.5) is 5.00 Å². The number of ether oxygens (including phenoxy) is 2. The number of methoxy groups -OCH3 is 1. The number of aryl methyl sites for hydroxylation is 1. The third-order valence-electron chi connectivity index (χ3n) is 5.02. The minimum atomic E-state index is -0.490. The lowest BCUT2D eigenvalue weighted by Crippen LogP contribution is -2.21. The molecule has 6 heteroatoms. The van der Waals surface area contributed by atoms with Gasteiger partial charge in [-0.3, -0.25) is 4.79 Å². The number of esters is 1. The number of amides is 1. The lowest BCUT2D eigenvalue weighted by Gasteiger charge is -2.10. The van der Waals surface area contributed by atoms with Crippen molar-refractivity contribution in [1.82, 2.24) is 0 Å². The van der Waals surface area contributed by atoms with Gasteiger partial charge in [0, 0.05) is 10.9 Å². The first-order valence-corrected chi connectivity index (χ1v) is 11.1. The van der Waals surface area contributed by atoms with Crippen molar-refractivity contribution in [2.45, 2.75) is 33.1 Å². The average molecular weight is 438 g/mol. The fourth-order valence-electron chi connectivity index (χ4n) is 3.15. The second-order valence-electron chi connectivity index (χ2n) is 7.46. The normalized spacial score (nSPS) is 10.7. The van der Waals surface area contributed by atoms with E-state index >= 15 is 0 Å². The highest BCUT2D eigenvalue weighted by Crippen LogP contribution is 2.36. The number of anilines is 1. The Morgan fingerprint density at radius 1 is 1.03 bits per heavy atom. The molecule has 0 aliphatic rings. The highest BCUT2D eigenvalue weighted by atomic mass is 32.1. The van der Waals surface area contributed by atoms with E-state index < -0.39 is 5.97 Å². The first-order valence-electron chi connectivity index (χ1n) is 10.2. The third-order valence-corrected chi connectivity index (χ3v) is 5.92.